The number of hydrogen-bond donors (Lipinski definition) is 1. The molecule has 5 aromatic heterocycles. The maximum absolute atomic E-state index is 6.12. The average Bonchev–Trinajstić information content (AvgIpc) is 3.53. The third kappa shape index (κ3) is 3.45. The van der Waals surface area contributed by atoms with Gasteiger partial charge in [0.25, 0.3) is 0 Å². The van der Waals surface area contributed by atoms with E-state index in [4.69, 9.17) is 9.84 Å². The number of ether oxygens (including phenoxy) is 1. The maximum Gasteiger partial charge on any atom is 0.222 e. The van der Waals surface area contributed by atoms with Crippen molar-refractivity contribution in [3.05, 3.63) is 43.0 Å². The molecule has 11 heteroatoms. The third-order valence-electron chi connectivity index (χ3n) is 6.01. The van der Waals surface area contributed by atoms with Gasteiger partial charge in [0, 0.05) is 50.2 Å². The van der Waals surface area contributed by atoms with Crippen LogP contribution in [0.4, 0.5) is 11.6 Å². The number of nitrogens with zero attached hydrogens (tertiary/aromatic N) is 9. The number of aromatic nitrogens is 9. The molecule has 0 radical (unpaired) electrons. The molecule has 1 unspecified atom stereocenters. The largest absolute Gasteiger partial charge is 0.477 e. The Morgan fingerprint density at radius 2 is 2.00 bits per heavy atom. The van der Waals surface area contributed by atoms with Crippen molar-refractivity contribution in [3.8, 4) is 28.7 Å². The topological polar surface area (TPSA) is 113 Å². The van der Waals surface area contributed by atoms with Gasteiger partial charge in [-0.05, 0) is 31.9 Å². The van der Waals surface area contributed by atoms with Gasteiger partial charge in [0.2, 0.25) is 5.88 Å². The molecule has 4 bridgehead atoms. The molecule has 172 valence electrons. The third-order valence-corrected chi connectivity index (χ3v) is 6.01. The Kier molecular flexibility index (Phi) is 4.75. The van der Waals surface area contributed by atoms with E-state index in [1.165, 1.54) is 0 Å². The predicted molar refractivity (Wildman–Crippen MR) is 127 cm³/mol. The Balaban J connectivity index is 1.48. The average molecular weight is 457 g/mol. The molecule has 11 nitrogen and oxygen atoms in total. The van der Waals surface area contributed by atoms with Crippen molar-refractivity contribution in [2.75, 3.05) is 11.9 Å². The smallest absolute Gasteiger partial charge is 0.222 e. The quantitative estimate of drug-likeness (QED) is 0.408. The van der Waals surface area contributed by atoms with Crippen LogP contribution < -0.4 is 10.1 Å². The first kappa shape index (κ1) is 20.3. The molecule has 0 saturated carbocycles. The van der Waals surface area contributed by atoms with Crippen LogP contribution in [0.3, 0.4) is 0 Å². The second-order valence-corrected chi connectivity index (χ2v) is 8.47. The van der Waals surface area contributed by atoms with Crippen molar-refractivity contribution in [2.45, 2.75) is 25.8 Å². The van der Waals surface area contributed by atoms with Crippen LogP contribution in [-0.4, -0.2) is 50.9 Å². The van der Waals surface area contributed by atoms with E-state index in [0.717, 1.165) is 40.7 Å². The minimum Gasteiger partial charge on any atom is -0.477 e. The first-order valence-corrected chi connectivity index (χ1v) is 11.2. The molecule has 0 aromatic carbocycles. The summed E-state index contributed by atoms with van der Waals surface area (Å²) in [4.78, 5) is 13.8. The summed E-state index contributed by atoms with van der Waals surface area (Å²) >= 11 is 0. The van der Waals surface area contributed by atoms with Gasteiger partial charge < -0.3 is 10.1 Å². The van der Waals surface area contributed by atoms with E-state index in [1.54, 1.807) is 21.8 Å². The summed E-state index contributed by atoms with van der Waals surface area (Å²) < 4.78 is 11.7. The second kappa shape index (κ2) is 7.94. The van der Waals surface area contributed by atoms with Crippen molar-refractivity contribution < 1.29 is 4.74 Å². The highest BCUT2D eigenvalue weighted by Gasteiger charge is 2.20. The van der Waals surface area contributed by atoms with Crippen LogP contribution in [0.2, 0.25) is 0 Å². The van der Waals surface area contributed by atoms with Crippen LogP contribution in [-0.2, 0) is 14.1 Å². The zero-order valence-corrected chi connectivity index (χ0v) is 19.2. The van der Waals surface area contributed by atoms with Gasteiger partial charge >= 0.3 is 0 Å². The van der Waals surface area contributed by atoms with Gasteiger partial charge in [-0.2, -0.15) is 15.3 Å². The molecule has 1 N–H and O–H groups in total. The van der Waals surface area contributed by atoms with E-state index in [-0.39, 0.29) is 6.04 Å². The van der Waals surface area contributed by atoms with Crippen LogP contribution in [0.5, 0.6) is 5.88 Å². The van der Waals surface area contributed by atoms with Crippen molar-refractivity contribution in [1.82, 2.24) is 44.3 Å². The molecule has 0 fully saturated rings. The van der Waals surface area contributed by atoms with E-state index in [0.29, 0.717) is 29.9 Å². The van der Waals surface area contributed by atoms with Crippen molar-refractivity contribution >= 4 is 22.5 Å². The maximum atomic E-state index is 6.12. The molecule has 1 aliphatic heterocycles. The Hall–Kier alpha value is -4.28. The molecule has 5 aromatic rings. The lowest BCUT2D eigenvalue weighted by molar-refractivity contribution is 0.271. The van der Waals surface area contributed by atoms with Gasteiger partial charge in [-0.25, -0.2) is 19.6 Å². The van der Waals surface area contributed by atoms with Crippen LogP contribution in [0.25, 0.3) is 33.7 Å². The summed E-state index contributed by atoms with van der Waals surface area (Å²) in [7, 11) is 3.76. The predicted octanol–water partition coefficient (Wildman–Crippen LogP) is 3.50. The zero-order chi connectivity index (χ0) is 23.2. The molecule has 0 amide bonds. The van der Waals surface area contributed by atoms with Crippen LogP contribution in [0, 0.1) is 0 Å². The minimum absolute atomic E-state index is 0.149. The second-order valence-electron chi connectivity index (χ2n) is 8.47. The Bertz CT molecular complexity index is 1500. The Morgan fingerprint density at radius 3 is 2.85 bits per heavy atom. The van der Waals surface area contributed by atoms with Crippen molar-refractivity contribution in [2.24, 2.45) is 14.1 Å². The number of rotatable bonds is 1. The fraction of sp³-hybridized carbons (Fsp3) is 0.304. The number of hydrogen-bond acceptors (Lipinski definition) is 8. The van der Waals surface area contributed by atoms with Crippen LogP contribution >= 0.6 is 0 Å². The summed E-state index contributed by atoms with van der Waals surface area (Å²) in [5.41, 5.74) is 3.39. The highest BCUT2D eigenvalue weighted by Crippen LogP contribution is 2.32. The molecular weight excluding hydrogens is 432 g/mol. The van der Waals surface area contributed by atoms with Gasteiger partial charge in [0.1, 0.15) is 28.6 Å². The van der Waals surface area contributed by atoms with Crippen molar-refractivity contribution in [3.63, 3.8) is 0 Å². The minimum atomic E-state index is 0.149. The lowest BCUT2D eigenvalue weighted by Crippen LogP contribution is -2.10. The summed E-state index contributed by atoms with van der Waals surface area (Å²) in [6.07, 6.45) is 8.95. The van der Waals surface area contributed by atoms with E-state index in [9.17, 15) is 0 Å². The molecule has 6 rings (SSSR count). The van der Waals surface area contributed by atoms with Gasteiger partial charge in [-0.1, -0.05) is 0 Å². The lowest BCUT2D eigenvalue weighted by Gasteiger charge is -2.14. The molecular formula is C23H24N10O. The Morgan fingerprint density at radius 1 is 1.09 bits per heavy atom. The van der Waals surface area contributed by atoms with E-state index in [2.05, 4.69) is 42.1 Å². The summed E-state index contributed by atoms with van der Waals surface area (Å²) in [5, 5.41) is 18.1. The first-order valence-electron chi connectivity index (χ1n) is 11.2. The fourth-order valence-corrected chi connectivity index (χ4v) is 4.28. The van der Waals surface area contributed by atoms with Gasteiger partial charge in [0.05, 0.1) is 18.3 Å². The standard InChI is InChI=1S/C23H24N10O/c1-14-5-4-10-34-23-16(13-26-32(23)3)22-24-8-6-19(28-22)27-20-11-18-15(12-25-20)21(30-33(14)18)17-7-9-31(2)29-17/h6-9,11-14H,4-5,10H2,1-3H3,(H,24,25,27,28). The summed E-state index contributed by atoms with van der Waals surface area (Å²) in [6, 6.07) is 5.94. The number of aryl methyl sites for hydroxylation is 2. The highest BCUT2D eigenvalue weighted by molar-refractivity contribution is 5.93. The van der Waals surface area contributed by atoms with Gasteiger partial charge in [-0.3, -0.25) is 9.36 Å². The van der Waals surface area contributed by atoms with Crippen LogP contribution in [0.15, 0.2) is 43.0 Å². The van der Waals surface area contributed by atoms with E-state index >= 15 is 0 Å². The zero-order valence-electron chi connectivity index (χ0n) is 19.2. The lowest BCUT2D eigenvalue weighted by atomic mass is 10.1. The summed E-state index contributed by atoms with van der Waals surface area (Å²) in [5.74, 6) is 2.50. The van der Waals surface area contributed by atoms with E-state index in [1.807, 2.05) is 44.7 Å². The normalized spacial score (nSPS) is 15.9. The highest BCUT2D eigenvalue weighted by atomic mass is 16.5. The first-order chi connectivity index (χ1) is 16.6. The molecule has 6 heterocycles. The molecule has 34 heavy (non-hydrogen) atoms. The molecule has 1 atom stereocenters. The molecule has 0 saturated heterocycles. The van der Waals surface area contributed by atoms with Crippen molar-refractivity contribution in [1.29, 1.82) is 0 Å². The van der Waals surface area contributed by atoms with Gasteiger partial charge in [-0.15, -0.1) is 0 Å². The molecule has 0 spiro atoms. The van der Waals surface area contributed by atoms with Gasteiger partial charge in [0.15, 0.2) is 5.82 Å². The Labute approximate surface area is 195 Å². The number of pyridine rings is 1. The number of fused-ring (bicyclic) bond motifs is 5. The SMILES string of the molecule is CC1CCCOc2c(cnn2C)-c2nccc(n2)Nc2cc3c(cn2)c(-c2ccn(C)n2)nn31. The van der Waals surface area contributed by atoms with Crippen LogP contribution in [0.1, 0.15) is 25.8 Å². The number of nitrogens with one attached hydrogen (secondary N) is 1. The fourth-order valence-electron chi connectivity index (χ4n) is 4.28. The number of anilines is 2. The molecule has 0 aliphatic carbocycles. The molecule has 1 aliphatic rings. The monoisotopic (exact) mass is 456 g/mol. The van der Waals surface area contributed by atoms with E-state index < -0.39 is 0 Å². The summed E-state index contributed by atoms with van der Waals surface area (Å²) in [6.45, 7) is 2.72.